The monoisotopic (exact) mass is 328 g/mol. The molecular formula is C18H28N6. The van der Waals surface area contributed by atoms with E-state index in [4.69, 9.17) is 0 Å². The highest BCUT2D eigenvalue weighted by atomic mass is 15.3. The maximum Gasteiger partial charge on any atom is 0.151 e. The van der Waals surface area contributed by atoms with Crippen molar-refractivity contribution in [3.63, 3.8) is 0 Å². The van der Waals surface area contributed by atoms with Crippen LogP contribution in [0.2, 0.25) is 0 Å². The van der Waals surface area contributed by atoms with Gasteiger partial charge in [-0.1, -0.05) is 0 Å². The van der Waals surface area contributed by atoms with E-state index in [0.717, 1.165) is 31.1 Å². The number of nitrogens with one attached hydrogen (secondary N) is 1. The molecule has 1 aliphatic rings. The van der Waals surface area contributed by atoms with Gasteiger partial charge in [-0.25, -0.2) is 0 Å². The van der Waals surface area contributed by atoms with Crippen LogP contribution in [-0.4, -0.2) is 39.1 Å². The quantitative estimate of drug-likeness (QED) is 0.934. The van der Waals surface area contributed by atoms with Crippen LogP contribution in [0.3, 0.4) is 0 Å². The van der Waals surface area contributed by atoms with Crippen LogP contribution in [0.4, 0.5) is 5.82 Å². The summed E-state index contributed by atoms with van der Waals surface area (Å²) < 4.78 is 2.03. The van der Waals surface area contributed by atoms with Crippen LogP contribution in [0.1, 0.15) is 44.9 Å². The van der Waals surface area contributed by atoms with E-state index in [2.05, 4.69) is 58.5 Å². The summed E-state index contributed by atoms with van der Waals surface area (Å²) in [6.07, 6.45) is 6.47. The molecule has 2 aromatic heterocycles. The van der Waals surface area contributed by atoms with Crippen LogP contribution in [0.25, 0.3) is 0 Å². The zero-order valence-electron chi connectivity index (χ0n) is 15.2. The normalized spacial score (nSPS) is 18.8. The highest BCUT2D eigenvalue weighted by molar-refractivity contribution is 5.38. The van der Waals surface area contributed by atoms with Gasteiger partial charge in [-0.15, -0.1) is 5.10 Å². The maximum absolute atomic E-state index is 4.47. The van der Waals surface area contributed by atoms with Gasteiger partial charge in [0.2, 0.25) is 0 Å². The smallest absolute Gasteiger partial charge is 0.151 e. The van der Waals surface area contributed by atoms with E-state index < -0.39 is 0 Å². The van der Waals surface area contributed by atoms with E-state index in [-0.39, 0.29) is 5.54 Å². The van der Waals surface area contributed by atoms with Crippen molar-refractivity contribution in [2.45, 2.75) is 58.7 Å². The summed E-state index contributed by atoms with van der Waals surface area (Å²) >= 11 is 0. The number of anilines is 1. The lowest BCUT2D eigenvalue weighted by molar-refractivity contribution is 0.355. The molecule has 2 aromatic rings. The minimum atomic E-state index is 0.0317. The standard InChI is InChI=1S/C18H28N6/c1-14-7-8-17(22-21-14)23-9-5-6-16(13-23)19-10-15-11-20-24(12-15)18(2,3)4/h7-8,11-12,16,19H,5-6,9-10,13H2,1-4H3. The van der Waals surface area contributed by atoms with Gasteiger partial charge in [-0.2, -0.15) is 10.2 Å². The van der Waals surface area contributed by atoms with Gasteiger partial charge in [0.25, 0.3) is 0 Å². The van der Waals surface area contributed by atoms with Gasteiger partial charge >= 0.3 is 0 Å². The fraction of sp³-hybridized carbons (Fsp3) is 0.611. The molecule has 0 spiro atoms. The van der Waals surface area contributed by atoms with Crippen LogP contribution in [0, 0.1) is 6.92 Å². The Morgan fingerprint density at radius 3 is 2.75 bits per heavy atom. The second kappa shape index (κ2) is 6.89. The molecule has 0 saturated carbocycles. The van der Waals surface area contributed by atoms with Crippen molar-refractivity contribution in [2.75, 3.05) is 18.0 Å². The lowest BCUT2D eigenvalue weighted by atomic mass is 10.1. The molecule has 0 aromatic carbocycles. The van der Waals surface area contributed by atoms with Gasteiger partial charge in [-0.3, -0.25) is 4.68 Å². The molecular weight excluding hydrogens is 300 g/mol. The summed E-state index contributed by atoms with van der Waals surface area (Å²) in [4.78, 5) is 2.33. The van der Waals surface area contributed by atoms with Crippen molar-refractivity contribution >= 4 is 5.82 Å². The Hall–Kier alpha value is -1.95. The number of hydrogen-bond donors (Lipinski definition) is 1. The van der Waals surface area contributed by atoms with Crippen molar-refractivity contribution in [2.24, 2.45) is 0 Å². The zero-order chi connectivity index (χ0) is 17.2. The van der Waals surface area contributed by atoms with Crippen LogP contribution in [0.5, 0.6) is 0 Å². The van der Waals surface area contributed by atoms with Crippen molar-refractivity contribution in [1.82, 2.24) is 25.3 Å². The Bertz CT molecular complexity index is 655. The van der Waals surface area contributed by atoms with E-state index in [1.807, 2.05) is 23.9 Å². The number of piperidine rings is 1. The first-order valence-corrected chi connectivity index (χ1v) is 8.74. The van der Waals surface area contributed by atoms with Crippen LogP contribution in [0.15, 0.2) is 24.5 Å². The van der Waals surface area contributed by atoms with Gasteiger partial charge in [0, 0.05) is 37.4 Å². The number of aromatic nitrogens is 4. The number of nitrogens with zero attached hydrogens (tertiary/aromatic N) is 5. The first-order chi connectivity index (χ1) is 11.4. The molecule has 6 heteroatoms. The third-order valence-corrected chi connectivity index (χ3v) is 4.45. The molecule has 0 amide bonds. The number of hydrogen-bond acceptors (Lipinski definition) is 5. The predicted molar refractivity (Wildman–Crippen MR) is 96.1 cm³/mol. The fourth-order valence-electron chi connectivity index (χ4n) is 2.99. The lowest BCUT2D eigenvalue weighted by Crippen LogP contribution is -2.45. The van der Waals surface area contributed by atoms with Crippen LogP contribution in [-0.2, 0) is 12.1 Å². The Kier molecular flexibility index (Phi) is 4.85. The van der Waals surface area contributed by atoms with E-state index in [1.54, 1.807) is 0 Å². The first-order valence-electron chi connectivity index (χ1n) is 8.74. The molecule has 1 aliphatic heterocycles. The highest BCUT2D eigenvalue weighted by Gasteiger charge is 2.21. The lowest BCUT2D eigenvalue weighted by Gasteiger charge is -2.33. The molecule has 0 aliphatic carbocycles. The van der Waals surface area contributed by atoms with Crippen LogP contribution < -0.4 is 10.2 Å². The molecule has 3 heterocycles. The zero-order valence-corrected chi connectivity index (χ0v) is 15.2. The minimum Gasteiger partial charge on any atom is -0.354 e. The Balaban J connectivity index is 1.56. The van der Waals surface area contributed by atoms with Gasteiger partial charge in [0.15, 0.2) is 5.82 Å². The molecule has 3 rings (SSSR count). The van der Waals surface area contributed by atoms with Crippen molar-refractivity contribution in [3.8, 4) is 0 Å². The Morgan fingerprint density at radius 2 is 2.08 bits per heavy atom. The maximum atomic E-state index is 4.47. The highest BCUT2D eigenvalue weighted by Crippen LogP contribution is 2.18. The molecule has 1 N–H and O–H groups in total. The number of rotatable bonds is 4. The van der Waals surface area contributed by atoms with Gasteiger partial charge < -0.3 is 10.2 Å². The van der Waals surface area contributed by atoms with Crippen LogP contribution >= 0.6 is 0 Å². The minimum absolute atomic E-state index is 0.0317. The predicted octanol–water partition coefficient (Wildman–Crippen LogP) is 2.50. The Labute approximate surface area is 144 Å². The van der Waals surface area contributed by atoms with Gasteiger partial charge in [0.1, 0.15) is 0 Å². The van der Waals surface area contributed by atoms with Crippen molar-refractivity contribution < 1.29 is 0 Å². The third kappa shape index (κ3) is 4.12. The average molecular weight is 328 g/mol. The Morgan fingerprint density at radius 1 is 1.25 bits per heavy atom. The van der Waals surface area contributed by atoms with E-state index in [1.165, 1.54) is 18.4 Å². The summed E-state index contributed by atoms with van der Waals surface area (Å²) in [5.74, 6) is 0.979. The molecule has 0 radical (unpaired) electrons. The van der Waals surface area contributed by atoms with E-state index in [9.17, 15) is 0 Å². The van der Waals surface area contributed by atoms with E-state index >= 15 is 0 Å². The SMILES string of the molecule is Cc1ccc(N2CCCC(NCc3cnn(C(C)(C)C)c3)C2)nn1. The average Bonchev–Trinajstić information content (AvgIpc) is 3.03. The summed E-state index contributed by atoms with van der Waals surface area (Å²) in [5.41, 5.74) is 2.22. The molecule has 1 atom stereocenters. The summed E-state index contributed by atoms with van der Waals surface area (Å²) in [5, 5.41) is 16.6. The molecule has 6 nitrogen and oxygen atoms in total. The van der Waals surface area contributed by atoms with Crippen molar-refractivity contribution in [3.05, 3.63) is 35.8 Å². The van der Waals surface area contributed by atoms with Gasteiger partial charge in [0.05, 0.1) is 17.4 Å². The molecule has 1 unspecified atom stereocenters. The summed E-state index contributed by atoms with van der Waals surface area (Å²) in [6.45, 7) is 11.3. The first kappa shape index (κ1) is 16.9. The largest absolute Gasteiger partial charge is 0.354 e. The van der Waals surface area contributed by atoms with E-state index in [0.29, 0.717) is 6.04 Å². The molecule has 1 saturated heterocycles. The van der Waals surface area contributed by atoms with Gasteiger partial charge in [-0.05, 0) is 52.7 Å². The summed E-state index contributed by atoms with van der Waals surface area (Å²) in [6, 6.07) is 4.57. The fourth-order valence-corrected chi connectivity index (χ4v) is 2.99. The molecule has 130 valence electrons. The second-order valence-electron chi connectivity index (χ2n) is 7.66. The molecule has 24 heavy (non-hydrogen) atoms. The van der Waals surface area contributed by atoms with Crippen molar-refractivity contribution in [1.29, 1.82) is 0 Å². The summed E-state index contributed by atoms with van der Waals surface area (Å²) in [7, 11) is 0. The topological polar surface area (TPSA) is 58.9 Å². The second-order valence-corrected chi connectivity index (χ2v) is 7.66. The third-order valence-electron chi connectivity index (χ3n) is 4.45. The number of aryl methyl sites for hydroxylation is 1. The molecule has 0 bridgehead atoms. The molecule has 1 fully saturated rings.